The van der Waals surface area contributed by atoms with E-state index in [1.807, 2.05) is 12.1 Å². The minimum absolute atomic E-state index is 0.345. The molecular formula is C17H29NO. The Bertz CT molecular complexity index is 347. The molecule has 2 heteroatoms. The Morgan fingerprint density at radius 3 is 2.26 bits per heavy atom. The quantitative estimate of drug-likeness (QED) is 0.739. The summed E-state index contributed by atoms with van der Waals surface area (Å²) in [5.41, 5.74) is 1.29. The van der Waals surface area contributed by atoms with Gasteiger partial charge in [0.05, 0.1) is 0 Å². The van der Waals surface area contributed by atoms with Crippen LogP contribution in [-0.2, 0) is 6.42 Å². The number of nitrogens with one attached hydrogen (secondary N) is 1. The molecule has 108 valence electrons. The molecule has 3 unspecified atom stereocenters. The van der Waals surface area contributed by atoms with Crippen molar-refractivity contribution in [1.82, 2.24) is 5.32 Å². The summed E-state index contributed by atoms with van der Waals surface area (Å²) >= 11 is 0. The Kier molecular flexibility index (Phi) is 6.93. The molecule has 0 aliphatic carbocycles. The van der Waals surface area contributed by atoms with Gasteiger partial charge in [-0.15, -0.1) is 0 Å². The minimum Gasteiger partial charge on any atom is -0.508 e. The van der Waals surface area contributed by atoms with Gasteiger partial charge in [-0.2, -0.15) is 0 Å². The lowest BCUT2D eigenvalue weighted by Gasteiger charge is -2.22. The van der Waals surface area contributed by atoms with Gasteiger partial charge in [0, 0.05) is 12.1 Å². The zero-order valence-electron chi connectivity index (χ0n) is 12.8. The summed E-state index contributed by atoms with van der Waals surface area (Å²) in [5, 5.41) is 12.9. The van der Waals surface area contributed by atoms with Crippen LogP contribution in [-0.4, -0.2) is 17.2 Å². The highest BCUT2D eigenvalue weighted by atomic mass is 16.3. The van der Waals surface area contributed by atoms with Gasteiger partial charge in [0.2, 0.25) is 0 Å². The molecule has 0 bridgehead atoms. The van der Waals surface area contributed by atoms with Gasteiger partial charge in [0.15, 0.2) is 0 Å². The normalized spacial score (nSPS) is 16.0. The van der Waals surface area contributed by atoms with E-state index < -0.39 is 0 Å². The topological polar surface area (TPSA) is 32.3 Å². The van der Waals surface area contributed by atoms with Crippen LogP contribution in [0.5, 0.6) is 5.75 Å². The predicted octanol–water partition coefficient (Wildman–Crippen LogP) is 4.13. The van der Waals surface area contributed by atoms with Crippen molar-refractivity contribution in [2.75, 3.05) is 0 Å². The second kappa shape index (κ2) is 8.21. The lowest BCUT2D eigenvalue weighted by molar-refractivity contribution is 0.373. The van der Waals surface area contributed by atoms with Gasteiger partial charge >= 0.3 is 0 Å². The molecule has 0 saturated heterocycles. The SMILES string of the molecule is CCC(C)CC(C)NC(C)CCc1ccc(O)cc1. The van der Waals surface area contributed by atoms with Crippen LogP contribution < -0.4 is 5.32 Å². The summed E-state index contributed by atoms with van der Waals surface area (Å²) in [6.07, 6.45) is 4.70. The number of phenols is 1. The summed E-state index contributed by atoms with van der Waals surface area (Å²) < 4.78 is 0. The molecule has 0 spiro atoms. The molecule has 2 N–H and O–H groups in total. The second-order valence-corrected chi connectivity index (χ2v) is 5.92. The number of aromatic hydroxyl groups is 1. The van der Waals surface area contributed by atoms with E-state index in [9.17, 15) is 5.11 Å². The molecule has 0 aliphatic heterocycles. The maximum atomic E-state index is 9.25. The predicted molar refractivity (Wildman–Crippen MR) is 82.6 cm³/mol. The molecule has 19 heavy (non-hydrogen) atoms. The van der Waals surface area contributed by atoms with Gasteiger partial charge in [0.1, 0.15) is 5.75 Å². The zero-order chi connectivity index (χ0) is 14.3. The standard InChI is InChI=1S/C17H29NO/c1-5-13(2)12-15(4)18-14(3)6-7-16-8-10-17(19)11-9-16/h8-11,13-15,18-19H,5-7,12H2,1-4H3. The van der Waals surface area contributed by atoms with Crippen LogP contribution in [0.15, 0.2) is 24.3 Å². The molecule has 0 aromatic heterocycles. The van der Waals surface area contributed by atoms with Gasteiger partial charge in [-0.25, -0.2) is 0 Å². The summed E-state index contributed by atoms with van der Waals surface area (Å²) in [6, 6.07) is 8.66. The molecule has 0 saturated carbocycles. The smallest absolute Gasteiger partial charge is 0.115 e. The number of hydrogen-bond donors (Lipinski definition) is 2. The summed E-state index contributed by atoms with van der Waals surface area (Å²) in [7, 11) is 0. The minimum atomic E-state index is 0.345. The number of aryl methyl sites for hydroxylation is 1. The Morgan fingerprint density at radius 2 is 1.68 bits per heavy atom. The highest BCUT2D eigenvalue weighted by Crippen LogP contribution is 2.13. The van der Waals surface area contributed by atoms with Gasteiger partial charge in [-0.1, -0.05) is 32.4 Å². The zero-order valence-corrected chi connectivity index (χ0v) is 12.8. The average Bonchev–Trinajstić information content (AvgIpc) is 2.37. The fourth-order valence-corrected chi connectivity index (χ4v) is 2.45. The van der Waals surface area contributed by atoms with E-state index in [1.54, 1.807) is 12.1 Å². The Labute approximate surface area is 118 Å². The molecule has 3 atom stereocenters. The van der Waals surface area contributed by atoms with Crippen molar-refractivity contribution in [3.8, 4) is 5.75 Å². The Morgan fingerprint density at radius 1 is 1.05 bits per heavy atom. The fraction of sp³-hybridized carbons (Fsp3) is 0.647. The highest BCUT2D eigenvalue weighted by Gasteiger charge is 2.10. The van der Waals surface area contributed by atoms with Crippen LogP contribution in [0.2, 0.25) is 0 Å². The molecule has 0 amide bonds. The first-order valence-electron chi connectivity index (χ1n) is 7.55. The fourth-order valence-electron chi connectivity index (χ4n) is 2.45. The van der Waals surface area contributed by atoms with Crippen LogP contribution in [0.25, 0.3) is 0 Å². The van der Waals surface area contributed by atoms with Crippen LogP contribution in [0.1, 0.15) is 52.5 Å². The van der Waals surface area contributed by atoms with E-state index in [0.29, 0.717) is 17.8 Å². The number of hydrogen-bond acceptors (Lipinski definition) is 2. The third kappa shape index (κ3) is 6.63. The van der Waals surface area contributed by atoms with Crippen molar-refractivity contribution in [2.24, 2.45) is 5.92 Å². The van der Waals surface area contributed by atoms with Crippen molar-refractivity contribution < 1.29 is 5.11 Å². The lowest BCUT2D eigenvalue weighted by atomic mass is 9.99. The Hall–Kier alpha value is -1.02. The molecule has 1 rings (SSSR count). The number of benzene rings is 1. The molecular weight excluding hydrogens is 234 g/mol. The van der Waals surface area contributed by atoms with Crippen molar-refractivity contribution in [3.05, 3.63) is 29.8 Å². The van der Waals surface area contributed by atoms with Crippen molar-refractivity contribution in [1.29, 1.82) is 0 Å². The van der Waals surface area contributed by atoms with Crippen LogP contribution in [0, 0.1) is 5.92 Å². The average molecular weight is 263 g/mol. The molecule has 2 nitrogen and oxygen atoms in total. The van der Waals surface area contributed by atoms with Gasteiger partial charge in [-0.05, 0) is 56.7 Å². The maximum Gasteiger partial charge on any atom is 0.115 e. The third-order valence-electron chi connectivity index (χ3n) is 3.82. The molecule has 0 aliphatic rings. The van der Waals surface area contributed by atoms with E-state index >= 15 is 0 Å². The largest absolute Gasteiger partial charge is 0.508 e. The van der Waals surface area contributed by atoms with Gasteiger partial charge in [-0.3, -0.25) is 0 Å². The van der Waals surface area contributed by atoms with Crippen molar-refractivity contribution in [2.45, 2.75) is 65.5 Å². The van der Waals surface area contributed by atoms with Crippen molar-refractivity contribution >= 4 is 0 Å². The lowest BCUT2D eigenvalue weighted by Crippen LogP contribution is -2.35. The third-order valence-corrected chi connectivity index (χ3v) is 3.82. The Balaban J connectivity index is 2.27. The number of rotatable bonds is 8. The van der Waals surface area contributed by atoms with Crippen LogP contribution in [0.3, 0.4) is 0 Å². The summed E-state index contributed by atoms with van der Waals surface area (Å²) in [6.45, 7) is 9.11. The highest BCUT2D eigenvalue weighted by molar-refractivity contribution is 5.25. The molecule has 1 aromatic carbocycles. The van der Waals surface area contributed by atoms with E-state index in [0.717, 1.165) is 18.8 Å². The first kappa shape index (κ1) is 16.0. The summed E-state index contributed by atoms with van der Waals surface area (Å²) in [5.74, 6) is 1.14. The van der Waals surface area contributed by atoms with E-state index in [2.05, 4.69) is 33.0 Å². The molecule has 0 heterocycles. The molecule has 0 radical (unpaired) electrons. The van der Waals surface area contributed by atoms with E-state index in [4.69, 9.17) is 0 Å². The second-order valence-electron chi connectivity index (χ2n) is 5.92. The monoisotopic (exact) mass is 263 g/mol. The first-order valence-corrected chi connectivity index (χ1v) is 7.55. The van der Waals surface area contributed by atoms with E-state index in [1.165, 1.54) is 18.4 Å². The first-order chi connectivity index (χ1) is 9.01. The summed E-state index contributed by atoms with van der Waals surface area (Å²) in [4.78, 5) is 0. The molecule has 0 fully saturated rings. The van der Waals surface area contributed by atoms with Gasteiger partial charge in [0.25, 0.3) is 0 Å². The number of phenolic OH excluding ortho intramolecular Hbond substituents is 1. The van der Waals surface area contributed by atoms with Crippen molar-refractivity contribution in [3.63, 3.8) is 0 Å². The van der Waals surface area contributed by atoms with Crippen LogP contribution in [0.4, 0.5) is 0 Å². The molecule has 1 aromatic rings. The van der Waals surface area contributed by atoms with E-state index in [-0.39, 0.29) is 0 Å². The van der Waals surface area contributed by atoms with Crippen LogP contribution >= 0.6 is 0 Å². The maximum absolute atomic E-state index is 9.25. The van der Waals surface area contributed by atoms with Gasteiger partial charge < -0.3 is 10.4 Å².